The summed E-state index contributed by atoms with van der Waals surface area (Å²) in [6.07, 6.45) is 17.3. The molecule has 0 spiro atoms. The van der Waals surface area contributed by atoms with Crippen molar-refractivity contribution in [2.24, 2.45) is 5.92 Å². The van der Waals surface area contributed by atoms with Crippen molar-refractivity contribution in [1.29, 1.82) is 0 Å². The minimum Gasteiger partial charge on any atom is -0.481 e. The zero-order chi connectivity index (χ0) is 17.4. The fraction of sp³-hybridized carbons (Fsp3) is 0.600. The van der Waals surface area contributed by atoms with E-state index in [1.807, 2.05) is 12.2 Å². The molecule has 1 N–H and O–H groups in total. The van der Waals surface area contributed by atoms with Crippen LogP contribution in [0.3, 0.4) is 0 Å². The molecule has 1 aliphatic heterocycles. The summed E-state index contributed by atoms with van der Waals surface area (Å²) in [5.41, 5.74) is 0.832. The Morgan fingerprint density at radius 2 is 2.12 bits per heavy atom. The van der Waals surface area contributed by atoms with Crippen molar-refractivity contribution in [2.75, 3.05) is 0 Å². The van der Waals surface area contributed by atoms with Crippen LogP contribution in [0.1, 0.15) is 58.3 Å². The molecule has 3 unspecified atom stereocenters. The molecule has 2 aliphatic rings. The first kappa shape index (κ1) is 18.7. The van der Waals surface area contributed by atoms with Gasteiger partial charge in [-0.05, 0) is 44.3 Å². The van der Waals surface area contributed by atoms with Crippen LogP contribution in [0.15, 0.2) is 36.0 Å². The monoisotopic (exact) mass is 332 g/mol. The zero-order valence-corrected chi connectivity index (χ0v) is 14.4. The molecule has 0 aromatic rings. The first-order valence-corrected chi connectivity index (χ1v) is 9.08. The van der Waals surface area contributed by atoms with Gasteiger partial charge in [0.1, 0.15) is 6.10 Å². The van der Waals surface area contributed by atoms with Crippen molar-refractivity contribution in [2.45, 2.75) is 70.5 Å². The number of epoxide rings is 1. The van der Waals surface area contributed by atoms with Gasteiger partial charge in [0.15, 0.2) is 5.78 Å². The predicted molar refractivity (Wildman–Crippen MR) is 93.8 cm³/mol. The fourth-order valence-corrected chi connectivity index (χ4v) is 3.04. The normalized spacial score (nSPS) is 27.5. The lowest BCUT2D eigenvalue weighted by atomic mass is 9.96. The molecule has 0 bridgehead atoms. The number of carbonyl (C=O) groups excluding carboxylic acids is 1. The van der Waals surface area contributed by atoms with E-state index >= 15 is 0 Å². The average molecular weight is 332 g/mol. The van der Waals surface area contributed by atoms with Crippen LogP contribution >= 0.6 is 0 Å². The highest BCUT2D eigenvalue weighted by molar-refractivity contribution is 6.07. The van der Waals surface area contributed by atoms with Crippen LogP contribution in [0.4, 0.5) is 0 Å². The van der Waals surface area contributed by atoms with Gasteiger partial charge < -0.3 is 9.84 Å². The molecule has 1 aliphatic carbocycles. The third-order valence-electron chi connectivity index (χ3n) is 4.54. The molecule has 2 rings (SSSR count). The third-order valence-corrected chi connectivity index (χ3v) is 4.54. The van der Waals surface area contributed by atoms with Crippen LogP contribution < -0.4 is 0 Å². The van der Waals surface area contributed by atoms with E-state index in [-0.39, 0.29) is 30.3 Å². The quantitative estimate of drug-likeness (QED) is 0.266. The Bertz CT molecular complexity index is 530. The zero-order valence-electron chi connectivity index (χ0n) is 14.4. The molecule has 1 fully saturated rings. The summed E-state index contributed by atoms with van der Waals surface area (Å²) in [5.74, 6) is -0.533. The van der Waals surface area contributed by atoms with Crippen molar-refractivity contribution < 1.29 is 19.4 Å². The van der Waals surface area contributed by atoms with E-state index in [4.69, 9.17) is 9.84 Å². The lowest BCUT2D eigenvalue weighted by Crippen LogP contribution is -2.05. The van der Waals surface area contributed by atoms with E-state index in [2.05, 4.69) is 19.1 Å². The molecular weight excluding hydrogens is 304 g/mol. The SMILES string of the molecule is CCCCC/C=C\CC1C=CC(=O)/C1=C\C1OC1CCCC(=O)O. The van der Waals surface area contributed by atoms with E-state index in [9.17, 15) is 9.59 Å². The number of carbonyl (C=O) groups is 2. The van der Waals surface area contributed by atoms with Crippen molar-refractivity contribution >= 4 is 11.8 Å². The van der Waals surface area contributed by atoms with Crippen LogP contribution in [0.25, 0.3) is 0 Å². The molecule has 0 saturated carbocycles. The van der Waals surface area contributed by atoms with Gasteiger partial charge in [-0.25, -0.2) is 0 Å². The highest BCUT2D eigenvalue weighted by Gasteiger charge is 2.38. The molecule has 0 aromatic heterocycles. The lowest BCUT2D eigenvalue weighted by molar-refractivity contribution is -0.137. The van der Waals surface area contributed by atoms with Crippen LogP contribution in [0.2, 0.25) is 0 Å². The Kier molecular flexibility index (Phi) is 7.44. The van der Waals surface area contributed by atoms with Crippen molar-refractivity contribution in [3.63, 3.8) is 0 Å². The molecule has 4 heteroatoms. The van der Waals surface area contributed by atoms with E-state index in [1.54, 1.807) is 6.08 Å². The number of allylic oxidation sites excluding steroid dienone is 5. The minimum atomic E-state index is -0.772. The largest absolute Gasteiger partial charge is 0.481 e. The van der Waals surface area contributed by atoms with Gasteiger partial charge in [0.2, 0.25) is 0 Å². The second kappa shape index (κ2) is 9.58. The third kappa shape index (κ3) is 6.08. The summed E-state index contributed by atoms with van der Waals surface area (Å²) in [7, 11) is 0. The van der Waals surface area contributed by atoms with Crippen molar-refractivity contribution in [1.82, 2.24) is 0 Å². The van der Waals surface area contributed by atoms with E-state index in [0.717, 1.165) is 24.8 Å². The number of aliphatic carboxylic acids is 1. The highest BCUT2D eigenvalue weighted by atomic mass is 16.6. The van der Waals surface area contributed by atoms with Gasteiger partial charge in [0, 0.05) is 17.9 Å². The number of unbranched alkanes of at least 4 members (excludes halogenated alkanes) is 3. The molecule has 3 atom stereocenters. The maximum absolute atomic E-state index is 12.0. The minimum absolute atomic E-state index is 0.0197. The summed E-state index contributed by atoms with van der Waals surface area (Å²) < 4.78 is 5.56. The van der Waals surface area contributed by atoms with Gasteiger partial charge in [0.25, 0.3) is 0 Å². The highest BCUT2D eigenvalue weighted by Crippen LogP contribution is 2.33. The Morgan fingerprint density at radius 1 is 1.29 bits per heavy atom. The molecular formula is C20H28O4. The standard InChI is InChI=1S/C20H28O4/c1-2-3-4-5-6-7-9-15-12-13-17(21)16(15)14-19-18(24-19)10-8-11-20(22)23/h6-7,12-15,18-19H,2-5,8-11H2,1H3,(H,22,23)/b7-6-,16-14-. The molecule has 132 valence electrons. The first-order valence-electron chi connectivity index (χ1n) is 9.08. The summed E-state index contributed by atoms with van der Waals surface area (Å²) in [4.78, 5) is 22.5. The number of hydrogen-bond acceptors (Lipinski definition) is 3. The maximum atomic E-state index is 12.0. The lowest BCUT2D eigenvalue weighted by Gasteiger charge is -2.06. The molecule has 4 nitrogen and oxygen atoms in total. The topological polar surface area (TPSA) is 66.9 Å². The number of rotatable bonds is 11. The molecule has 1 saturated heterocycles. The average Bonchev–Trinajstić information content (AvgIpc) is 3.19. The summed E-state index contributed by atoms with van der Waals surface area (Å²) >= 11 is 0. The second-order valence-electron chi connectivity index (χ2n) is 6.58. The van der Waals surface area contributed by atoms with Gasteiger partial charge in [0.05, 0.1) is 6.10 Å². The molecule has 1 heterocycles. The second-order valence-corrected chi connectivity index (χ2v) is 6.58. The van der Waals surface area contributed by atoms with Gasteiger partial charge in [-0.3, -0.25) is 9.59 Å². The molecule has 0 aromatic carbocycles. The first-order chi connectivity index (χ1) is 11.6. The van der Waals surface area contributed by atoms with Crippen LogP contribution in [-0.2, 0) is 14.3 Å². The summed E-state index contributed by atoms with van der Waals surface area (Å²) in [6, 6.07) is 0. The van der Waals surface area contributed by atoms with Crippen LogP contribution in [0, 0.1) is 5.92 Å². The van der Waals surface area contributed by atoms with E-state index < -0.39 is 5.97 Å². The number of hydrogen-bond donors (Lipinski definition) is 1. The van der Waals surface area contributed by atoms with E-state index in [0.29, 0.717) is 6.42 Å². The van der Waals surface area contributed by atoms with Crippen molar-refractivity contribution in [3.05, 3.63) is 36.0 Å². The number of carboxylic acids is 1. The van der Waals surface area contributed by atoms with Gasteiger partial charge >= 0.3 is 5.97 Å². The Hall–Kier alpha value is -1.68. The van der Waals surface area contributed by atoms with Gasteiger partial charge in [-0.2, -0.15) is 0 Å². The van der Waals surface area contributed by atoms with Crippen LogP contribution in [0.5, 0.6) is 0 Å². The fourth-order valence-electron chi connectivity index (χ4n) is 3.04. The Labute approximate surface area is 144 Å². The summed E-state index contributed by atoms with van der Waals surface area (Å²) in [5, 5.41) is 8.65. The Morgan fingerprint density at radius 3 is 2.88 bits per heavy atom. The smallest absolute Gasteiger partial charge is 0.303 e. The molecule has 24 heavy (non-hydrogen) atoms. The van der Waals surface area contributed by atoms with E-state index in [1.165, 1.54) is 19.3 Å². The Balaban J connectivity index is 1.76. The predicted octanol–water partition coefficient (Wildman–Crippen LogP) is 4.22. The maximum Gasteiger partial charge on any atom is 0.303 e. The van der Waals surface area contributed by atoms with Gasteiger partial charge in [-0.15, -0.1) is 0 Å². The molecule has 0 amide bonds. The summed E-state index contributed by atoms with van der Waals surface area (Å²) in [6.45, 7) is 2.20. The van der Waals surface area contributed by atoms with Gasteiger partial charge in [-0.1, -0.05) is 38.0 Å². The number of ether oxygens (including phenoxy) is 1. The van der Waals surface area contributed by atoms with Crippen LogP contribution in [-0.4, -0.2) is 29.1 Å². The number of carboxylic acid groups (broad SMARTS) is 1. The number of ketones is 1. The molecule has 0 radical (unpaired) electrons. The van der Waals surface area contributed by atoms with Crippen molar-refractivity contribution in [3.8, 4) is 0 Å².